The van der Waals surface area contributed by atoms with E-state index in [4.69, 9.17) is 15.2 Å². The van der Waals surface area contributed by atoms with Crippen LogP contribution in [0.1, 0.15) is 32.1 Å². The van der Waals surface area contributed by atoms with Crippen LogP contribution in [0.3, 0.4) is 0 Å². The van der Waals surface area contributed by atoms with Crippen LogP contribution in [0, 0.1) is 20.2 Å². The van der Waals surface area contributed by atoms with E-state index in [0.717, 1.165) is 0 Å². The number of hydrogen-bond donors (Lipinski definition) is 1. The smallest absolute Gasteiger partial charge is 0.323 e. The predicted octanol–water partition coefficient (Wildman–Crippen LogP) is -0.233. The molecule has 0 amide bonds. The molecule has 1 atom stereocenters. The number of carbonyl (C=O) groups is 2. The van der Waals surface area contributed by atoms with Gasteiger partial charge < -0.3 is 24.9 Å². The number of rotatable bonds is 15. The summed E-state index contributed by atoms with van der Waals surface area (Å²) in [5.41, 5.74) is 5.50. The monoisotopic (exact) mass is 367 g/mol. The minimum absolute atomic E-state index is 0.000891. The standard InChI is InChI=1S/C12H21N3O10/c13-10(12(17)23-6-2-4-8-25-15(20)21)9-11(16)22-5-1-3-7-24-14(18)19/h10H,1-9,13H2/t10-/m0/s1. The van der Waals surface area contributed by atoms with Crippen LogP contribution < -0.4 is 5.73 Å². The number of carbonyl (C=O) groups excluding carboxylic acids is 2. The molecule has 13 heteroatoms. The molecule has 0 aromatic rings. The Kier molecular flexibility index (Phi) is 12.2. The molecular formula is C12H21N3O10. The van der Waals surface area contributed by atoms with Crippen LogP contribution in [0.4, 0.5) is 0 Å². The van der Waals surface area contributed by atoms with Crippen LogP contribution in [0.5, 0.6) is 0 Å². The summed E-state index contributed by atoms with van der Waals surface area (Å²) in [5, 5.41) is 18.0. The van der Waals surface area contributed by atoms with Gasteiger partial charge in [0.15, 0.2) is 0 Å². The highest BCUT2D eigenvalue weighted by molar-refractivity contribution is 5.82. The predicted molar refractivity (Wildman–Crippen MR) is 78.9 cm³/mol. The second-order valence-corrected chi connectivity index (χ2v) is 4.73. The molecule has 13 nitrogen and oxygen atoms in total. The Bertz CT molecular complexity index is 445. The van der Waals surface area contributed by atoms with Gasteiger partial charge in [0.25, 0.3) is 10.2 Å². The third-order valence-corrected chi connectivity index (χ3v) is 2.67. The van der Waals surface area contributed by atoms with Crippen molar-refractivity contribution in [2.45, 2.75) is 38.1 Å². The summed E-state index contributed by atoms with van der Waals surface area (Å²) < 4.78 is 9.63. The van der Waals surface area contributed by atoms with Crippen molar-refractivity contribution in [3.63, 3.8) is 0 Å². The molecule has 0 aliphatic carbocycles. The largest absolute Gasteiger partial charge is 0.466 e. The Morgan fingerprint density at radius 2 is 1.28 bits per heavy atom. The molecule has 0 saturated heterocycles. The van der Waals surface area contributed by atoms with Gasteiger partial charge in [-0.25, -0.2) is 0 Å². The van der Waals surface area contributed by atoms with E-state index in [2.05, 4.69) is 9.68 Å². The van der Waals surface area contributed by atoms with Gasteiger partial charge in [-0.3, -0.25) is 9.59 Å². The second-order valence-electron chi connectivity index (χ2n) is 4.73. The molecular weight excluding hydrogens is 346 g/mol. The Morgan fingerprint density at radius 1 is 0.840 bits per heavy atom. The van der Waals surface area contributed by atoms with Gasteiger partial charge in [-0.1, -0.05) is 0 Å². The molecule has 0 saturated carbocycles. The molecule has 0 rings (SSSR count). The molecule has 0 aliphatic heterocycles. The zero-order valence-electron chi connectivity index (χ0n) is 13.5. The third kappa shape index (κ3) is 14.6. The number of ether oxygens (including phenoxy) is 2. The Balaban J connectivity index is 3.65. The zero-order chi connectivity index (χ0) is 19.1. The van der Waals surface area contributed by atoms with Crippen molar-refractivity contribution in [2.24, 2.45) is 5.73 Å². The maximum absolute atomic E-state index is 11.5. The summed E-state index contributed by atoms with van der Waals surface area (Å²) in [6.07, 6.45) is 1.01. The van der Waals surface area contributed by atoms with E-state index in [1.54, 1.807) is 0 Å². The maximum Gasteiger partial charge on any atom is 0.323 e. The van der Waals surface area contributed by atoms with Crippen LogP contribution in [-0.4, -0.2) is 54.6 Å². The molecule has 0 bridgehead atoms. The van der Waals surface area contributed by atoms with E-state index in [-0.39, 0.29) is 32.8 Å². The van der Waals surface area contributed by atoms with Crippen molar-refractivity contribution in [2.75, 3.05) is 26.4 Å². The van der Waals surface area contributed by atoms with Gasteiger partial charge in [0, 0.05) is 0 Å². The van der Waals surface area contributed by atoms with Crippen LogP contribution in [0.25, 0.3) is 0 Å². The number of esters is 2. The fourth-order valence-electron chi connectivity index (χ4n) is 1.47. The molecule has 0 aliphatic rings. The lowest BCUT2D eigenvalue weighted by atomic mass is 10.2. The van der Waals surface area contributed by atoms with Crippen molar-refractivity contribution in [1.82, 2.24) is 0 Å². The van der Waals surface area contributed by atoms with Crippen LogP contribution >= 0.6 is 0 Å². The van der Waals surface area contributed by atoms with Gasteiger partial charge in [-0.15, -0.1) is 20.2 Å². The lowest BCUT2D eigenvalue weighted by Gasteiger charge is -2.11. The maximum atomic E-state index is 11.5. The van der Waals surface area contributed by atoms with Gasteiger partial charge in [-0.05, 0) is 25.7 Å². The quantitative estimate of drug-likeness (QED) is 0.174. The van der Waals surface area contributed by atoms with Crippen molar-refractivity contribution < 1.29 is 38.9 Å². The minimum Gasteiger partial charge on any atom is -0.466 e. The molecule has 0 radical (unpaired) electrons. The van der Waals surface area contributed by atoms with Crippen molar-refractivity contribution in [3.8, 4) is 0 Å². The fourth-order valence-corrected chi connectivity index (χ4v) is 1.47. The normalized spacial score (nSPS) is 11.2. The van der Waals surface area contributed by atoms with Gasteiger partial charge in [0.2, 0.25) is 0 Å². The first-order valence-electron chi connectivity index (χ1n) is 7.45. The summed E-state index contributed by atoms with van der Waals surface area (Å²) in [7, 11) is 0. The average molecular weight is 367 g/mol. The van der Waals surface area contributed by atoms with Gasteiger partial charge in [-0.2, -0.15) is 0 Å². The first-order valence-corrected chi connectivity index (χ1v) is 7.45. The summed E-state index contributed by atoms with van der Waals surface area (Å²) >= 11 is 0. The molecule has 0 fully saturated rings. The SMILES string of the molecule is N[C@@H](CC(=O)OCCCCO[N+](=O)[O-])C(=O)OCCCCO[N+](=O)[O-]. The van der Waals surface area contributed by atoms with Gasteiger partial charge in [0.05, 0.1) is 32.8 Å². The number of nitrogens with zero attached hydrogens (tertiary/aromatic N) is 2. The van der Waals surface area contributed by atoms with Gasteiger partial charge in [0.1, 0.15) is 6.04 Å². The second kappa shape index (κ2) is 13.7. The first-order chi connectivity index (χ1) is 11.8. The zero-order valence-corrected chi connectivity index (χ0v) is 13.5. The lowest BCUT2D eigenvalue weighted by Crippen LogP contribution is -2.35. The van der Waals surface area contributed by atoms with Crippen LogP contribution in [-0.2, 0) is 28.7 Å². The molecule has 0 aromatic heterocycles. The van der Waals surface area contributed by atoms with E-state index >= 15 is 0 Å². The third-order valence-electron chi connectivity index (χ3n) is 2.67. The van der Waals surface area contributed by atoms with E-state index in [1.807, 2.05) is 0 Å². The van der Waals surface area contributed by atoms with Gasteiger partial charge >= 0.3 is 11.9 Å². The highest BCUT2D eigenvalue weighted by Gasteiger charge is 2.19. The fraction of sp³-hybridized carbons (Fsp3) is 0.833. The number of nitrogens with two attached hydrogens (primary N) is 1. The molecule has 2 N–H and O–H groups in total. The summed E-state index contributed by atoms with van der Waals surface area (Å²) in [5.74, 6) is -1.48. The van der Waals surface area contributed by atoms with E-state index in [9.17, 15) is 29.8 Å². The van der Waals surface area contributed by atoms with E-state index in [0.29, 0.717) is 25.7 Å². The van der Waals surface area contributed by atoms with E-state index < -0.39 is 28.2 Å². The molecule has 0 aromatic carbocycles. The van der Waals surface area contributed by atoms with Crippen LogP contribution in [0.15, 0.2) is 0 Å². The number of hydrogen-bond acceptors (Lipinski definition) is 11. The molecule has 0 heterocycles. The molecule has 144 valence electrons. The highest BCUT2D eigenvalue weighted by atomic mass is 17.0. The molecule has 25 heavy (non-hydrogen) atoms. The average Bonchev–Trinajstić information content (AvgIpc) is 2.53. The van der Waals surface area contributed by atoms with Crippen molar-refractivity contribution in [1.29, 1.82) is 0 Å². The Morgan fingerprint density at radius 3 is 1.76 bits per heavy atom. The minimum atomic E-state index is -1.18. The number of unbranched alkanes of at least 4 members (excludes halogenated alkanes) is 2. The Labute approximate surface area is 142 Å². The summed E-state index contributed by atoms with van der Waals surface area (Å²) in [6.45, 7) is -0.171. The summed E-state index contributed by atoms with van der Waals surface area (Å²) in [4.78, 5) is 50.9. The molecule has 0 unspecified atom stereocenters. The first kappa shape index (κ1) is 22.3. The topological polar surface area (TPSA) is 183 Å². The van der Waals surface area contributed by atoms with E-state index in [1.165, 1.54) is 0 Å². The summed E-state index contributed by atoms with van der Waals surface area (Å²) in [6, 6.07) is -1.18. The molecule has 0 spiro atoms. The van der Waals surface area contributed by atoms with Crippen molar-refractivity contribution >= 4 is 11.9 Å². The lowest BCUT2D eigenvalue weighted by molar-refractivity contribution is -0.757. The van der Waals surface area contributed by atoms with Crippen molar-refractivity contribution in [3.05, 3.63) is 20.2 Å². The Hall–Kier alpha value is -2.70. The van der Waals surface area contributed by atoms with Crippen LogP contribution in [0.2, 0.25) is 0 Å². The highest BCUT2D eigenvalue weighted by Crippen LogP contribution is 2.00.